The fourth-order valence-electron chi connectivity index (χ4n) is 2.70. The summed E-state index contributed by atoms with van der Waals surface area (Å²) in [6.07, 6.45) is 10.3. The topological polar surface area (TPSA) is 195 Å². The predicted octanol–water partition coefficient (Wildman–Crippen LogP) is 0.883. The predicted molar refractivity (Wildman–Crippen MR) is 139 cm³/mol. The molecule has 3 amide bonds. The number of nitrogens with zero attached hydrogens (tertiary/aromatic N) is 3. The van der Waals surface area contributed by atoms with Crippen LogP contribution in [-0.2, 0) is 17.1 Å². The minimum atomic E-state index is -0.337. The van der Waals surface area contributed by atoms with E-state index in [-0.39, 0.29) is 68.7 Å². The molecule has 1 radical (unpaired) electrons. The van der Waals surface area contributed by atoms with Crippen molar-refractivity contribution in [3.05, 3.63) is 72.1 Å². The molecule has 0 atom stereocenters. The smallest absolute Gasteiger partial charge is 0.871 e. The normalized spacial score (nSPS) is 9.38. The summed E-state index contributed by atoms with van der Waals surface area (Å²) in [5.41, 5.74) is 0.468. The van der Waals surface area contributed by atoms with E-state index >= 15 is 0 Å². The maximum absolute atomic E-state index is 11.3. The summed E-state index contributed by atoms with van der Waals surface area (Å²) in [5, 5.41) is 41.2. The molecular weight excluding hydrogens is 560 g/mol. The van der Waals surface area contributed by atoms with Crippen molar-refractivity contribution in [2.24, 2.45) is 0 Å². The number of amides is 3. The van der Waals surface area contributed by atoms with Crippen LogP contribution in [0.25, 0.3) is 0 Å². The quantitative estimate of drug-likeness (QED) is 0.302. The van der Waals surface area contributed by atoms with Crippen molar-refractivity contribution in [3.8, 4) is 17.2 Å². The molecule has 215 valence electrons. The third-order valence-electron chi connectivity index (χ3n) is 4.69. The molecule has 0 spiro atoms. The van der Waals surface area contributed by atoms with Crippen LogP contribution in [0.3, 0.4) is 0 Å². The number of rotatable bonds is 9. The first kappa shape index (κ1) is 35.8. The molecule has 3 N–H and O–H groups in total. The van der Waals surface area contributed by atoms with Gasteiger partial charge in [0.1, 0.15) is 0 Å². The van der Waals surface area contributed by atoms with Gasteiger partial charge in [0.15, 0.2) is 0 Å². The van der Waals surface area contributed by atoms with Crippen LogP contribution in [0.5, 0.6) is 17.2 Å². The molecule has 0 bridgehead atoms. The molecule has 3 aromatic rings. The second-order valence-corrected chi connectivity index (χ2v) is 7.88. The molecule has 0 aliphatic carbocycles. The largest absolute Gasteiger partial charge is 3.00 e. The van der Waals surface area contributed by atoms with Crippen molar-refractivity contribution in [2.45, 2.75) is 40.0 Å². The van der Waals surface area contributed by atoms with Crippen molar-refractivity contribution in [1.82, 2.24) is 30.9 Å². The van der Waals surface area contributed by atoms with Crippen LogP contribution in [0.1, 0.15) is 71.1 Å². The van der Waals surface area contributed by atoms with E-state index in [0.717, 1.165) is 37.9 Å². The van der Waals surface area contributed by atoms with E-state index in [1.807, 2.05) is 20.8 Å². The van der Waals surface area contributed by atoms with Gasteiger partial charge in [-0.1, -0.05) is 38.0 Å². The van der Waals surface area contributed by atoms with Crippen LogP contribution < -0.4 is 31.3 Å². The first-order valence-electron chi connectivity index (χ1n) is 12.4. The summed E-state index contributed by atoms with van der Waals surface area (Å²) >= 11 is 0. The van der Waals surface area contributed by atoms with Crippen molar-refractivity contribution in [1.29, 1.82) is 0 Å². The molecule has 0 unspecified atom stereocenters. The van der Waals surface area contributed by atoms with Gasteiger partial charge in [-0.3, -0.25) is 29.3 Å². The van der Waals surface area contributed by atoms with Gasteiger partial charge in [-0.05, 0) is 37.5 Å². The Morgan fingerprint density at radius 2 is 0.825 bits per heavy atom. The van der Waals surface area contributed by atoms with Gasteiger partial charge in [0, 0.05) is 73.5 Å². The summed E-state index contributed by atoms with van der Waals surface area (Å²) in [4.78, 5) is 44.7. The van der Waals surface area contributed by atoms with Gasteiger partial charge in [-0.15, -0.1) is 0 Å². The molecule has 3 rings (SSSR count). The van der Waals surface area contributed by atoms with Crippen LogP contribution in [0, 0.1) is 0 Å². The Hall–Kier alpha value is -4.22. The molecule has 12 nitrogen and oxygen atoms in total. The van der Waals surface area contributed by atoms with Gasteiger partial charge in [0.05, 0.1) is 0 Å². The molecule has 3 heterocycles. The minimum absolute atomic E-state index is 0. The van der Waals surface area contributed by atoms with Crippen molar-refractivity contribution in [2.75, 3.05) is 19.6 Å². The van der Waals surface area contributed by atoms with Crippen LogP contribution in [-0.4, -0.2) is 52.3 Å². The summed E-state index contributed by atoms with van der Waals surface area (Å²) in [6.45, 7) is 7.60. The molecule has 40 heavy (non-hydrogen) atoms. The SMILES string of the molecule is CCCNC(=O)c1ccncc1[O-].CCCNC(=O)c1ccncc1[O-].CCCNC(=O)c1ccncc1[O-].[Fe+3]. The average molecular weight is 593 g/mol. The zero-order valence-corrected chi connectivity index (χ0v) is 23.7. The Morgan fingerprint density at radius 3 is 1.02 bits per heavy atom. The Kier molecular flexibility index (Phi) is 18.5. The second kappa shape index (κ2) is 20.7. The molecule has 0 aliphatic rings. The fraction of sp³-hybridized carbons (Fsp3) is 0.333. The van der Waals surface area contributed by atoms with Crippen LogP contribution in [0.2, 0.25) is 0 Å². The van der Waals surface area contributed by atoms with E-state index in [1.165, 1.54) is 36.8 Å². The average Bonchev–Trinajstić information content (AvgIpc) is 2.94. The fourth-order valence-corrected chi connectivity index (χ4v) is 2.70. The van der Waals surface area contributed by atoms with E-state index in [4.69, 9.17) is 0 Å². The standard InChI is InChI=1S/3C9H12N2O2.Fe/c3*1-2-4-11-9(13)7-3-5-10-6-8(7)12;/h3*3,5-6,12H,2,4H2,1H3,(H,11,13);/q;;;+3/p-3. The number of aromatic nitrogens is 3. The first-order chi connectivity index (χ1) is 18.8. The summed E-state index contributed by atoms with van der Waals surface area (Å²) in [7, 11) is 0. The zero-order valence-electron chi connectivity index (χ0n) is 22.6. The van der Waals surface area contributed by atoms with Crippen molar-refractivity contribution >= 4 is 17.7 Å². The number of carbonyl (C=O) groups is 3. The minimum Gasteiger partial charge on any atom is -0.871 e. The van der Waals surface area contributed by atoms with Gasteiger partial charge in [-0.25, -0.2) is 0 Å². The number of hydrogen-bond acceptors (Lipinski definition) is 9. The van der Waals surface area contributed by atoms with E-state index in [1.54, 1.807) is 0 Å². The summed E-state index contributed by atoms with van der Waals surface area (Å²) in [6, 6.07) is 4.27. The Bertz CT molecular complexity index is 1050. The van der Waals surface area contributed by atoms with E-state index < -0.39 is 0 Å². The molecule has 0 saturated heterocycles. The molecular formula is C27H33FeN6O6. The van der Waals surface area contributed by atoms with Crippen molar-refractivity contribution in [3.63, 3.8) is 0 Å². The van der Waals surface area contributed by atoms with Crippen molar-refractivity contribution < 1.29 is 46.8 Å². The third-order valence-corrected chi connectivity index (χ3v) is 4.69. The Balaban J connectivity index is 0.000000563. The summed E-state index contributed by atoms with van der Waals surface area (Å²) in [5.74, 6) is -1.99. The van der Waals surface area contributed by atoms with Gasteiger partial charge in [0.2, 0.25) is 0 Å². The molecule has 0 fully saturated rings. The Labute approximate surface area is 244 Å². The number of hydrogen-bond donors (Lipinski definition) is 3. The molecule has 13 heteroatoms. The van der Waals surface area contributed by atoms with Crippen LogP contribution in [0.4, 0.5) is 0 Å². The number of nitrogens with one attached hydrogen (secondary N) is 3. The maximum Gasteiger partial charge on any atom is 3.00 e. The number of pyridine rings is 3. The summed E-state index contributed by atoms with van der Waals surface area (Å²) < 4.78 is 0. The van der Waals surface area contributed by atoms with Gasteiger partial charge < -0.3 is 31.3 Å². The van der Waals surface area contributed by atoms with E-state index in [2.05, 4.69) is 30.9 Å². The third kappa shape index (κ3) is 13.0. The number of carbonyl (C=O) groups excluding carboxylic acids is 3. The second-order valence-electron chi connectivity index (χ2n) is 7.88. The van der Waals surface area contributed by atoms with Gasteiger partial charge >= 0.3 is 17.1 Å². The molecule has 0 aliphatic heterocycles. The Morgan fingerprint density at radius 1 is 0.575 bits per heavy atom. The van der Waals surface area contributed by atoms with Gasteiger partial charge in [-0.2, -0.15) is 0 Å². The maximum atomic E-state index is 11.3. The molecule has 0 aromatic carbocycles. The molecule has 0 saturated carbocycles. The molecule has 3 aromatic heterocycles. The van der Waals surface area contributed by atoms with Crippen LogP contribution in [0.15, 0.2) is 55.4 Å². The monoisotopic (exact) mass is 593 g/mol. The van der Waals surface area contributed by atoms with E-state index in [0.29, 0.717) is 19.6 Å². The van der Waals surface area contributed by atoms with E-state index in [9.17, 15) is 29.7 Å². The first-order valence-corrected chi connectivity index (χ1v) is 12.4. The van der Waals surface area contributed by atoms with Crippen LogP contribution >= 0.6 is 0 Å². The zero-order chi connectivity index (χ0) is 29.0. The van der Waals surface area contributed by atoms with Gasteiger partial charge in [0.25, 0.3) is 17.7 Å².